The molecule has 8 heteroatoms. The van der Waals surface area contributed by atoms with Crippen LogP contribution in [0.1, 0.15) is 10.7 Å². The summed E-state index contributed by atoms with van der Waals surface area (Å²) in [5, 5.41) is 6.96. The zero-order valence-corrected chi connectivity index (χ0v) is 14.4. The molecule has 0 saturated heterocycles. The quantitative estimate of drug-likeness (QED) is 0.703. The van der Waals surface area contributed by atoms with Crippen molar-refractivity contribution in [3.63, 3.8) is 0 Å². The van der Waals surface area contributed by atoms with E-state index in [4.69, 9.17) is 0 Å². The first-order valence-corrected chi connectivity index (χ1v) is 9.31. The van der Waals surface area contributed by atoms with Crippen LogP contribution in [-0.2, 0) is 10.7 Å². The average Bonchev–Trinajstić information content (AvgIpc) is 3.06. The monoisotopic (exact) mass is 351 g/mol. The lowest BCUT2D eigenvalue weighted by atomic mass is 10.3. The predicted octanol–water partition coefficient (Wildman–Crippen LogP) is 3.60. The van der Waals surface area contributed by atoms with E-state index in [-0.39, 0.29) is 0 Å². The molecule has 0 atom stereocenters. The van der Waals surface area contributed by atoms with E-state index in [1.165, 1.54) is 11.3 Å². The Morgan fingerprint density at radius 1 is 1.09 bits per heavy atom. The Morgan fingerprint density at radius 2 is 1.82 bits per heavy atom. The molecule has 0 fully saturated rings. The highest BCUT2D eigenvalue weighted by molar-refractivity contribution is 7.72. The van der Waals surface area contributed by atoms with Gasteiger partial charge in [0.15, 0.2) is 15.8 Å². The summed E-state index contributed by atoms with van der Waals surface area (Å²) in [6, 6.07) is 6.59. The van der Waals surface area contributed by atoms with Crippen LogP contribution in [0.25, 0.3) is 10.6 Å². The summed E-state index contributed by atoms with van der Waals surface area (Å²) in [7, 11) is -2.54. The first kappa shape index (κ1) is 15.1. The Balaban J connectivity index is 1.81. The van der Waals surface area contributed by atoms with E-state index in [1.807, 2.05) is 19.2 Å². The van der Waals surface area contributed by atoms with Gasteiger partial charge in [0.1, 0.15) is 0 Å². The second-order valence-electron chi connectivity index (χ2n) is 4.61. The van der Waals surface area contributed by atoms with Crippen LogP contribution in [0.3, 0.4) is 0 Å². The van der Waals surface area contributed by atoms with Gasteiger partial charge >= 0.3 is 0 Å². The Kier molecular flexibility index (Phi) is 4.23. The Labute approximate surface area is 137 Å². The summed E-state index contributed by atoms with van der Waals surface area (Å²) in [5.74, 6) is 0. The second kappa shape index (κ2) is 6.15. The Hall–Kier alpha value is -1.77. The molecule has 1 N–H and O–H groups in total. The molecule has 0 unspecified atom stereocenters. The third-order valence-electron chi connectivity index (χ3n) is 2.97. The van der Waals surface area contributed by atoms with Crippen molar-refractivity contribution < 1.29 is 8.42 Å². The highest BCUT2D eigenvalue weighted by Gasteiger charge is 2.11. The van der Waals surface area contributed by atoms with Gasteiger partial charge in [0.25, 0.3) is 0 Å². The summed E-state index contributed by atoms with van der Waals surface area (Å²) in [6.45, 7) is 3.96. The Morgan fingerprint density at radius 3 is 2.41 bits per heavy atom. The minimum Gasteiger partial charge on any atom is -0.332 e. The van der Waals surface area contributed by atoms with Crippen LogP contribution in [-0.4, -0.2) is 18.4 Å². The van der Waals surface area contributed by atoms with Crippen LogP contribution in [0.5, 0.6) is 0 Å². The van der Waals surface area contributed by atoms with Crippen molar-refractivity contribution >= 4 is 44.2 Å². The van der Waals surface area contributed by atoms with E-state index in [0.29, 0.717) is 4.90 Å². The summed E-state index contributed by atoms with van der Waals surface area (Å²) < 4.78 is 21.7. The number of benzene rings is 1. The number of aryl methyl sites for hydroxylation is 2. The van der Waals surface area contributed by atoms with Crippen molar-refractivity contribution in [3.05, 3.63) is 40.3 Å². The number of thiol groups is 1. The standard InChI is InChI=1S/C14H13N3O2S3/c1-8-13(21-9(2)15-8)12-7-20-14(17-12)16-10-3-5-11(6-4-10)22(18)19/h3-7,22H,1-2H3,(H,16,17). The van der Waals surface area contributed by atoms with Gasteiger partial charge in [-0.05, 0) is 38.1 Å². The zero-order valence-electron chi connectivity index (χ0n) is 11.9. The highest BCUT2D eigenvalue weighted by Crippen LogP contribution is 2.32. The van der Waals surface area contributed by atoms with Crippen molar-refractivity contribution in [1.82, 2.24) is 9.97 Å². The summed E-state index contributed by atoms with van der Waals surface area (Å²) in [4.78, 5) is 10.4. The molecule has 3 aromatic rings. The summed E-state index contributed by atoms with van der Waals surface area (Å²) >= 11 is 3.14. The molecule has 0 bridgehead atoms. The number of nitrogens with one attached hydrogen (secondary N) is 1. The van der Waals surface area contributed by atoms with E-state index in [2.05, 4.69) is 15.3 Å². The minimum atomic E-state index is -2.54. The number of thiazole rings is 2. The molecule has 1 aromatic carbocycles. The van der Waals surface area contributed by atoms with Gasteiger partial charge in [0, 0.05) is 11.1 Å². The van der Waals surface area contributed by atoms with Gasteiger partial charge in [0.05, 0.1) is 26.2 Å². The molecular weight excluding hydrogens is 338 g/mol. The molecule has 0 aliphatic carbocycles. The number of aromatic nitrogens is 2. The molecule has 0 saturated carbocycles. The molecule has 3 rings (SSSR count). The second-order valence-corrected chi connectivity index (χ2v) is 7.71. The fraction of sp³-hybridized carbons (Fsp3) is 0.143. The third kappa shape index (κ3) is 3.18. The van der Waals surface area contributed by atoms with Gasteiger partial charge < -0.3 is 5.32 Å². The van der Waals surface area contributed by atoms with E-state index in [1.54, 1.807) is 35.6 Å². The van der Waals surface area contributed by atoms with Crippen LogP contribution < -0.4 is 5.32 Å². The molecule has 2 aromatic heterocycles. The van der Waals surface area contributed by atoms with Gasteiger partial charge in [-0.2, -0.15) is 0 Å². The van der Waals surface area contributed by atoms with Gasteiger partial charge in [-0.3, -0.25) is 0 Å². The molecule has 0 aliphatic rings. The van der Waals surface area contributed by atoms with E-state index in [0.717, 1.165) is 32.1 Å². The molecule has 22 heavy (non-hydrogen) atoms. The van der Waals surface area contributed by atoms with Crippen LogP contribution in [0.2, 0.25) is 0 Å². The predicted molar refractivity (Wildman–Crippen MR) is 91.0 cm³/mol. The third-order valence-corrected chi connectivity index (χ3v) is 5.54. The van der Waals surface area contributed by atoms with Crippen LogP contribution in [0.4, 0.5) is 10.8 Å². The molecule has 114 valence electrons. The maximum absolute atomic E-state index is 10.9. The highest BCUT2D eigenvalue weighted by atomic mass is 32.2. The average molecular weight is 351 g/mol. The van der Waals surface area contributed by atoms with Gasteiger partial charge in [-0.15, -0.1) is 22.7 Å². The van der Waals surface area contributed by atoms with Crippen LogP contribution >= 0.6 is 22.7 Å². The lowest BCUT2D eigenvalue weighted by molar-refractivity contribution is 0.614. The summed E-state index contributed by atoms with van der Waals surface area (Å²) in [6.07, 6.45) is 0. The number of hydrogen-bond acceptors (Lipinski definition) is 7. The van der Waals surface area contributed by atoms with Crippen LogP contribution in [0, 0.1) is 13.8 Å². The van der Waals surface area contributed by atoms with Crippen molar-refractivity contribution in [2.45, 2.75) is 18.7 Å². The van der Waals surface area contributed by atoms with Crippen molar-refractivity contribution in [2.24, 2.45) is 0 Å². The maximum Gasteiger partial charge on any atom is 0.187 e. The number of nitrogens with zero attached hydrogens (tertiary/aromatic N) is 2. The van der Waals surface area contributed by atoms with E-state index >= 15 is 0 Å². The minimum absolute atomic E-state index is 0.302. The van der Waals surface area contributed by atoms with Gasteiger partial charge in [-0.1, -0.05) is 0 Å². The van der Waals surface area contributed by atoms with Crippen molar-refractivity contribution in [3.8, 4) is 10.6 Å². The normalized spacial score (nSPS) is 11.0. The maximum atomic E-state index is 10.9. The summed E-state index contributed by atoms with van der Waals surface area (Å²) in [5.41, 5.74) is 2.71. The number of rotatable bonds is 4. The van der Waals surface area contributed by atoms with Crippen molar-refractivity contribution in [1.29, 1.82) is 0 Å². The molecule has 0 spiro atoms. The SMILES string of the molecule is Cc1nc(C)c(-c2csc(Nc3ccc([SH](=O)=O)cc3)n2)s1. The van der Waals surface area contributed by atoms with Gasteiger partial charge in [0.2, 0.25) is 0 Å². The zero-order chi connectivity index (χ0) is 15.7. The van der Waals surface area contributed by atoms with E-state index < -0.39 is 10.7 Å². The topological polar surface area (TPSA) is 72.0 Å². The Bertz CT molecular complexity index is 871. The number of anilines is 2. The molecular formula is C14H13N3O2S3. The lowest BCUT2D eigenvalue weighted by Gasteiger charge is -2.02. The first-order valence-electron chi connectivity index (χ1n) is 6.44. The lowest BCUT2D eigenvalue weighted by Crippen LogP contribution is -1.90. The molecule has 0 aliphatic heterocycles. The fourth-order valence-electron chi connectivity index (χ4n) is 1.99. The molecule has 5 nitrogen and oxygen atoms in total. The van der Waals surface area contributed by atoms with Crippen LogP contribution in [0.15, 0.2) is 34.5 Å². The molecule has 0 amide bonds. The smallest absolute Gasteiger partial charge is 0.187 e. The van der Waals surface area contributed by atoms with Crippen molar-refractivity contribution in [2.75, 3.05) is 5.32 Å². The molecule has 0 radical (unpaired) electrons. The van der Waals surface area contributed by atoms with Gasteiger partial charge in [-0.25, -0.2) is 18.4 Å². The van der Waals surface area contributed by atoms with E-state index in [9.17, 15) is 8.42 Å². The first-order chi connectivity index (χ1) is 10.5. The largest absolute Gasteiger partial charge is 0.332 e. The number of hydrogen-bond donors (Lipinski definition) is 2. The fourth-order valence-corrected chi connectivity index (χ4v) is 4.06. The molecule has 2 heterocycles.